The van der Waals surface area contributed by atoms with Gasteiger partial charge in [0, 0.05) is 37.6 Å². The van der Waals surface area contributed by atoms with Gasteiger partial charge in [0.2, 0.25) is 0 Å². The van der Waals surface area contributed by atoms with Crippen molar-refractivity contribution >= 4 is 6.09 Å². The van der Waals surface area contributed by atoms with E-state index in [0.29, 0.717) is 11.5 Å². The molecular weight excluding hydrogens is 220 g/mol. The molecule has 1 atom stereocenters. The monoisotopic (exact) mass is 240 g/mol. The van der Waals surface area contributed by atoms with Gasteiger partial charge in [-0.2, -0.15) is 0 Å². The molecule has 0 aromatic heterocycles. The van der Waals surface area contributed by atoms with Gasteiger partial charge in [-0.25, -0.2) is 4.79 Å². The van der Waals surface area contributed by atoms with Crippen LogP contribution in [0, 0.1) is 5.41 Å². The lowest BCUT2D eigenvalue weighted by atomic mass is 9.78. The molecule has 2 heterocycles. The summed E-state index contributed by atoms with van der Waals surface area (Å²) >= 11 is 0. The molecule has 0 aromatic carbocycles. The quantitative estimate of drug-likeness (QED) is 0.738. The Hall–Kier alpha value is -0.810. The van der Waals surface area contributed by atoms with Crippen LogP contribution in [0.5, 0.6) is 0 Å². The molecule has 1 N–H and O–H groups in total. The van der Waals surface area contributed by atoms with E-state index in [2.05, 4.69) is 4.90 Å². The highest BCUT2D eigenvalue weighted by Crippen LogP contribution is 2.47. The number of rotatable bonds is 1. The maximum Gasteiger partial charge on any atom is 0.407 e. The van der Waals surface area contributed by atoms with Crippen LogP contribution in [0.4, 0.5) is 4.79 Å². The van der Waals surface area contributed by atoms with Gasteiger partial charge < -0.3 is 14.7 Å². The number of amides is 1. The predicted molar refractivity (Wildman–Crippen MR) is 62.1 cm³/mol. The van der Waals surface area contributed by atoms with E-state index in [4.69, 9.17) is 9.84 Å². The molecule has 5 heteroatoms. The van der Waals surface area contributed by atoms with E-state index in [-0.39, 0.29) is 0 Å². The maximum absolute atomic E-state index is 10.8. The van der Waals surface area contributed by atoms with Gasteiger partial charge in [0.15, 0.2) is 0 Å². The van der Waals surface area contributed by atoms with Gasteiger partial charge in [0.1, 0.15) is 0 Å². The summed E-state index contributed by atoms with van der Waals surface area (Å²) in [6.45, 7) is 5.30. The summed E-state index contributed by atoms with van der Waals surface area (Å²) in [7, 11) is 0. The SMILES string of the molecule is O=C(O)N1CC2(CC[C@H](N3CCOCC3)C2)C1. The van der Waals surface area contributed by atoms with Crippen molar-refractivity contribution in [2.75, 3.05) is 39.4 Å². The fourth-order valence-corrected chi connectivity index (χ4v) is 3.62. The lowest BCUT2D eigenvalue weighted by Crippen LogP contribution is -2.57. The second-order valence-corrected chi connectivity index (χ2v) is 5.68. The van der Waals surface area contributed by atoms with Gasteiger partial charge >= 0.3 is 6.09 Å². The molecule has 0 unspecified atom stereocenters. The molecule has 2 saturated heterocycles. The Morgan fingerprint density at radius 1 is 1.29 bits per heavy atom. The van der Waals surface area contributed by atoms with Gasteiger partial charge in [-0.05, 0) is 19.3 Å². The Morgan fingerprint density at radius 2 is 2.00 bits per heavy atom. The van der Waals surface area contributed by atoms with Gasteiger partial charge in [0.05, 0.1) is 13.2 Å². The van der Waals surface area contributed by atoms with Crippen molar-refractivity contribution in [3.8, 4) is 0 Å². The topological polar surface area (TPSA) is 53.0 Å². The molecule has 0 radical (unpaired) electrons. The highest BCUT2D eigenvalue weighted by atomic mass is 16.5. The second-order valence-electron chi connectivity index (χ2n) is 5.68. The molecule has 1 spiro atoms. The van der Waals surface area contributed by atoms with Crippen molar-refractivity contribution in [1.29, 1.82) is 0 Å². The van der Waals surface area contributed by atoms with Crippen LogP contribution in [0.1, 0.15) is 19.3 Å². The van der Waals surface area contributed by atoms with Crippen molar-refractivity contribution < 1.29 is 14.6 Å². The van der Waals surface area contributed by atoms with E-state index in [9.17, 15) is 4.79 Å². The Morgan fingerprint density at radius 3 is 2.65 bits per heavy atom. The molecule has 0 bridgehead atoms. The first-order valence-corrected chi connectivity index (χ1v) is 6.48. The van der Waals surface area contributed by atoms with Crippen LogP contribution >= 0.6 is 0 Å². The number of carbonyl (C=O) groups is 1. The third kappa shape index (κ3) is 2.02. The number of carboxylic acid groups (broad SMARTS) is 1. The molecule has 96 valence electrons. The molecule has 3 fully saturated rings. The van der Waals surface area contributed by atoms with Crippen LogP contribution in [0.2, 0.25) is 0 Å². The average Bonchev–Trinajstić information content (AvgIpc) is 2.73. The molecule has 3 rings (SSSR count). The number of morpholine rings is 1. The Balaban J connectivity index is 1.54. The molecule has 1 amide bonds. The average molecular weight is 240 g/mol. The maximum atomic E-state index is 10.8. The van der Waals surface area contributed by atoms with Crippen LogP contribution in [0.25, 0.3) is 0 Å². The first kappa shape index (κ1) is 11.3. The fourth-order valence-electron chi connectivity index (χ4n) is 3.62. The van der Waals surface area contributed by atoms with E-state index in [0.717, 1.165) is 39.4 Å². The second kappa shape index (κ2) is 4.14. The summed E-state index contributed by atoms with van der Waals surface area (Å²) in [5, 5.41) is 8.89. The van der Waals surface area contributed by atoms with Crippen molar-refractivity contribution in [3.05, 3.63) is 0 Å². The standard InChI is InChI=1S/C12H20N2O3/c15-11(16)14-8-12(9-14)2-1-10(7-12)13-3-5-17-6-4-13/h10H,1-9H2,(H,15,16)/t10-/m0/s1. The van der Waals surface area contributed by atoms with Gasteiger partial charge in [0.25, 0.3) is 0 Å². The van der Waals surface area contributed by atoms with Crippen LogP contribution in [0.3, 0.4) is 0 Å². The first-order chi connectivity index (χ1) is 8.19. The smallest absolute Gasteiger partial charge is 0.407 e. The summed E-state index contributed by atoms with van der Waals surface area (Å²) < 4.78 is 5.37. The Bertz CT molecular complexity index is 309. The highest BCUT2D eigenvalue weighted by molar-refractivity contribution is 5.66. The van der Waals surface area contributed by atoms with Crippen molar-refractivity contribution in [2.45, 2.75) is 25.3 Å². The van der Waals surface area contributed by atoms with Crippen LogP contribution in [-0.2, 0) is 4.74 Å². The molecule has 1 saturated carbocycles. The molecule has 1 aliphatic carbocycles. The Labute approximate surface area is 101 Å². The summed E-state index contributed by atoms with van der Waals surface area (Å²) in [5.41, 5.74) is 0.307. The third-order valence-electron chi connectivity index (χ3n) is 4.56. The summed E-state index contributed by atoms with van der Waals surface area (Å²) in [6.07, 6.45) is 2.84. The molecular formula is C12H20N2O3. The number of hydrogen-bond acceptors (Lipinski definition) is 3. The van der Waals surface area contributed by atoms with Crippen LogP contribution in [-0.4, -0.2) is 66.4 Å². The number of nitrogens with zero attached hydrogens (tertiary/aromatic N) is 2. The van der Waals surface area contributed by atoms with E-state index in [1.807, 2.05) is 0 Å². The lowest BCUT2D eigenvalue weighted by Gasteiger charge is -2.47. The molecule has 5 nitrogen and oxygen atoms in total. The zero-order chi connectivity index (χ0) is 11.9. The lowest BCUT2D eigenvalue weighted by molar-refractivity contribution is -0.00632. The minimum atomic E-state index is -0.759. The third-order valence-corrected chi connectivity index (χ3v) is 4.56. The zero-order valence-corrected chi connectivity index (χ0v) is 10.1. The van der Waals surface area contributed by atoms with E-state index in [1.165, 1.54) is 19.3 Å². The normalized spacial score (nSPS) is 32.7. The van der Waals surface area contributed by atoms with E-state index in [1.54, 1.807) is 4.90 Å². The summed E-state index contributed by atoms with van der Waals surface area (Å²) in [5.74, 6) is 0. The van der Waals surface area contributed by atoms with Crippen LogP contribution in [0.15, 0.2) is 0 Å². The Kier molecular flexibility index (Phi) is 2.75. The van der Waals surface area contributed by atoms with Gasteiger partial charge in [-0.3, -0.25) is 4.90 Å². The first-order valence-electron chi connectivity index (χ1n) is 6.48. The number of hydrogen-bond donors (Lipinski definition) is 1. The summed E-state index contributed by atoms with van der Waals surface area (Å²) in [4.78, 5) is 14.9. The van der Waals surface area contributed by atoms with Gasteiger partial charge in [-0.15, -0.1) is 0 Å². The number of likely N-dealkylation sites (tertiary alicyclic amines) is 1. The van der Waals surface area contributed by atoms with Crippen molar-refractivity contribution in [2.24, 2.45) is 5.41 Å². The van der Waals surface area contributed by atoms with Crippen molar-refractivity contribution in [1.82, 2.24) is 9.80 Å². The zero-order valence-electron chi connectivity index (χ0n) is 10.1. The molecule has 0 aromatic rings. The van der Waals surface area contributed by atoms with E-state index < -0.39 is 6.09 Å². The molecule has 17 heavy (non-hydrogen) atoms. The number of ether oxygens (including phenoxy) is 1. The van der Waals surface area contributed by atoms with Crippen molar-refractivity contribution in [3.63, 3.8) is 0 Å². The minimum absolute atomic E-state index is 0.307. The van der Waals surface area contributed by atoms with E-state index >= 15 is 0 Å². The minimum Gasteiger partial charge on any atom is -0.465 e. The highest BCUT2D eigenvalue weighted by Gasteiger charge is 2.50. The summed E-state index contributed by atoms with van der Waals surface area (Å²) in [6, 6.07) is 0.662. The van der Waals surface area contributed by atoms with Gasteiger partial charge in [-0.1, -0.05) is 0 Å². The molecule has 3 aliphatic rings. The molecule has 2 aliphatic heterocycles. The largest absolute Gasteiger partial charge is 0.465 e. The predicted octanol–water partition coefficient (Wildman–Crippen LogP) is 0.851. The fraction of sp³-hybridized carbons (Fsp3) is 0.917. The van der Waals surface area contributed by atoms with Crippen LogP contribution < -0.4 is 0 Å².